The highest BCUT2D eigenvalue weighted by molar-refractivity contribution is 5.96. The smallest absolute Gasteiger partial charge is 0.326 e. The van der Waals surface area contributed by atoms with Crippen LogP contribution >= 0.6 is 0 Å². The molecule has 0 spiro atoms. The third kappa shape index (κ3) is 8.26. The van der Waals surface area contributed by atoms with E-state index in [0.717, 1.165) is 17.3 Å². The monoisotopic (exact) mass is 545 g/mol. The van der Waals surface area contributed by atoms with Crippen LogP contribution < -0.4 is 21.3 Å². The Kier molecular flexibility index (Phi) is 9.98. The van der Waals surface area contributed by atoms with E-state index in [2.05, 4.69) is 26.3 Å². The quantitative estimate of drug-likeness (QED) is 0.149. The first kappa shape index (κ1) is 29.1. The summed E-state index contributed by atoms with van der Waals surface area (Å²) in [5, 5.41) is 38.4. The van der Waals surface area contributed by atoms with Crippen LogP contribution in [0.15, 0.2) is 30.5 Å². The lowest BCUT2D eigenvalue weighted by atomic mass is 10.0. The number of fused-ring (bicyclic) bond motifs is 1. The molecule has 1 aliphatic rings. The summed E-state index contributed by atoms with van der Waals surface area (Å²) in [6, 6.07) is 2.32. The van der Waals surface area contributed by atoms with Crippen molar-refractivity contribution in [2.45, 2.75) is 62.7 Å². The predicted octanol–water partition coefficient (Wildman–Crippen LogP) is -0.659. The zero-order chi connectivity index (χ0) is 28.5. The van der Waals surface area contributed by atoms with Crippen LogP contribution in [0.1, 0.15) is 37.7 Å². The minimum atomic E-state index is -1.69. The van der Waals surface area contributed by atoms with Crippen LogP contribution in [0.3, 0.4) is 0 Å². The Morgan fingerprint density at radius 3 is 2.23 bits per heavy atom. The van der Waals surface area contributed by atoms with Gasteiger partial charge >= 0.3 is 17.9 Å². The van der Waals surface area contributed by atoms with Crippen LogP contribution in [-0.2, 0) is 35.2 Å². The van der Waals surface area contributed by atoms with Gasteiger partial charge in [-0.25, -0.2) is 4.79 Å². The molecule has 0 aliphatic carbocycles. The molecule has 2 heterocycles. The number of hydrogen-bond acceptors (Lipinski definition) is 7. The van der Waals surface area contributed by atoms with Gasteiger partial charge in [0.15, 0.2) is 0 Å². The van der Waals surface area contributed by atoms with Crippen LogP contribution in [0.5, 0.6) is 0 Å². The Labute approximate surface area is 222 Å². The summed E-state index contributed by atoms with van der Waals surface area (Å²) in [6.45, 7) is 0.644. The van der Waals surface area contributed by atoms with Crippen molar-refractivity contribution in [2.75, 3.05) is 6.54 Å². The lowest BCUT2D eigenvalue weighted by Gasteiger charge is -2.24. The SMILES string of the molecule is O=C(O)CCC(NC(=O)C(CC(=O)O)NC(=O)C(Cc1c[nH]c2ccccc12)NC(=O)C1CCCN1)C(=O)O. The molecule has 4 atom stereocenters. The Morgan fingerprint density at radius 1 is 0.897 bits per heavy atom. The molecule has 1 aliphatic heterocycles. The molecule has 210 valence electrons. The van der Waals surface area contributed by atoms with E-state index in [1.807, 2.05) is 24.3 Å². The van der Waals surface area contributed by atoms with Gasteiger partial charge in [-0.15, -0.1) is 0 Å². The van der Waals surface area contributed by atoms with Crippen molar-refractivity contribution in [2.24, 2.45) is 0 Å². The van der Waals surface area contributed by atoms with Gasteiger partial charge in [-0.2, -0.15) is 0 Å². The Hall–Kier alpha value is -4.46. The number of aliphatic carboxylic acids is 3. The summed E-state index contributed by atoms with van der Waals surface area (Å²) in [6.07, 6.45) is 1.19. The molecule has 3 amide bonds. The lowest BCUT2D eigenvalue weighted by Crippen LogP contribution is -2.58. The number of amides is 3. The van der Waals surface area contributed by atoms with E-state index in [0.29, 0.717) is 18.5 Å². The highest BCUT2D eigenvalue weighted by Crippen LogP contribution is 2.19. The van der Waals surface area contributed by atoms with Gasteiger partial charge in [0.1, 0.15) is 18.1 Å². The van der Waals surface area contributed by atoms with Crippen molar-refractivity contribution in [1.82, 2.24) is 26.3 Å². The van der Waals surface area contributed by atoms with Gasteiger partial charge in [0.05, 0.1) is 12.5 Å². The molecule has 2 aromatic rings. The van der Waals surface area contributed by atoms with Crippen molar-refractivity contribution in [3.63, 3.8) is 0 Å². The Bertz CT molecular complexity index is 1240. The first-order chi connectivity index (χ1) is 18.5. The molecule has 1 aromatic heterocycles. The Morgan fingerprint density at radius 2 is 1.59 bits per heavy atom. The first-order valence-electron chi connectivity index (χ1n) is 12.4. The fourth-order valence-corrected chi connectivity index (χ4v) is 4.36. The third-order valence-corrected chi connectivity index (χ3v) is 6.38. The number of carbonyl (C=O) groups is 6. The summed E-state index contributed by atoms with van der Waals surface area (Å²) < 4.78 is 0. The zero-order valence-corrected chi connectivity index (χ0v) is 20.9. The molecule has 8 N–H and O–H groups in total. The minimum Gasteiger partial charge on any atom is -0.481 e. The van der Waals surface area contributed by atoms with E-state index in [1.165, 1.54) is 0 Å². The number of H-pyrrole nitrogens is 1. The maximum atomic E-state index is 13.4. The second kappa shape index (κ2) is 13.4. The van der Waals surface area contributed by atoms with E-state index in [4.69, 9.17) is 5.11 Å². The number of carboxylic acid groups (broad SMARTS) is 3. The van der Waals surface area contributed by atoms with Crippen molar-refractivity contribution >= 4 is 46.5 Å². The van der Waals surface area contributed by atoms with Crippen LogP contribution in [0.25, 0.3) is 10.9 Å². The van der Waals surface area contributed by atoms with Crippen LogP contribution in [0.4, 0.5) is 0 Å². The third-order valence-electron chi connectivity index (χ3n) is 6.38. The van der Waals surface area contributed by atoms with E-state index in [1.54, 1.807) is 6.20 Å². The number of aromatic nitrogens is 1. The second-order valence-corrected chi connectivity index (χ2v) is 9.26. The number of para-hydroxylation sites is 1. The summed E-state index contributed by atoms with van der Waals surface area (Å²) >= 11 is 0. The van der Waals surface area contributed by atoms with Crippen LogP contribution in [0.2, 0.25) is 0 Å². The highest BCUT2D eigenvalue weighted by atomic mass is 16.4. The van der Waals surface area contributed by atoms with Crippen molar-refractivity contribution < 1.29 is 44.1 Å². The van der Waals surface area contributed by atoms with Gasteiger partial charge < -0.3 is 41.6 Å². The number of carbonyl (C=O) groups excluding carboxylic acids is 3. The molecule has 4 unspecified atom stereocenters. The molecule has 0 radical (unpaired) electrons. The maximum Gasteiger partial charge on any atom is 0.326 e. The van der Waals surface area contributed by atoms with Gasteiger partial charge in [-0.05, 0) is 37.4 Å². The van der Waals surface area contributed by atoms with Crippen molar-refractivity contribution in [3.8, 4) is 0 Å². The van der Waals surface area contributed by atoms with Gasteiger partial charge in [0, 0.05) is 29.9 Å². The Balaban J connectivity index is 1.80. The number of nitrogens with one attached hydrogen (secondary N) is 5. The number of aromatic amines is 1. The number of rotatable bonds is 14. The van der Waals surface area contributed by atoms with E-state index < -0.39 is 79.1 Å². The molecule has 14 heteroatoms. The summed E-state index contributed by atoms with van der Waals surface area (Å²) in [4.78, 5) is 75.9. The fraction of sp³-hybridized carbons (Fsp3) is 0.440. The molecule has 1 fully saturated rings. The van der Waals surface area contributed by atoms with E-state index >= 15 is 0 Å². The minimum absolute atomic E-state index is 0.0199. The molecule has 14 nitrogen and oxygen atoms in total. The van der Waals surface area contributed by atoms with Gasteiger partial charge in [0.2, 0.25) is 17.7 Å². The zero-order valence-electron chi connectivity index (χ0n) is 20.9. The first-order valence-corrected chi connectivity index (χ1v) is 12.4. The predicted molar refractivity (Wildman–Crippen MR) is 136 cm³/mol. The number of benzene rings is 1. The lowest BCUT2D eigenvalue weighted by molar-refractivity contribution is -0.144. The van der Waals surface area contributed by atoms with E-state index in [-0.39, 0.29) is 6.42 Å². The molecule has 3 rings (SSSR count). The highest BCUT2D eigenvalue weighted by Gasteiger charge is 2.33. The molecular weight excluding hydrogens is 514 g/mol. The maximum absolute atomic E-state index is 13.4. The molecule has 0 bridgehead atoms. The molecule has 0 saturated carbocycles. The van der Waals surface area contributed by atoms with Crippen molar-refractivity contribution in [1.29, 1.82) is 0 Å². The summed E-state index contributed by atoms with van der Waals surface area (Å²) in [5.74, 6) is -6.62. The number of carboxylic acids is 3. The molecule has 1 aromatic carbocycles. The van der Waals surface area contributed by atoms with Crippen LogP contribution in [0, 0.1) is 0 Å². The van der Waals surface area contributed by atoms with Gasteiger partial charge in [0.25, 0.3) is 0 Å². The topological polar surface area (TPSA) is 227 Å². The average Bonchev–Trinajstić information content (AvgIpc) is 3.56. The standard InChI is InChI=1S/C25H31N5O9/c31-20(32)8-7-17(25(38)39)28-24(37)19(11-21(33)34)30-23(36)18(29-22(35)16-6-3-9-26-16)10-13-12-27-15-5-2-1-4-14(13)15/h1-2,4-5,12,16-19,26-27H,3,6-11H2,(H,28,37)(H,29,35)(H,30,36)(H,31,32)(H,33,34)(H,38,39). The molecule has 39 heavy (non-hydrogen) atoms. The van der Waals surface area contributed by atoms with E-state index in [9.17, 15) is 39.0 Å². The van der Waals surface area contributed by atoms with Crippen molar-refractivity contribution in [3.05, 3.63) is 36.0 Å². The van der Waals surface area contributed by atoms with Gasteiger partial charge in [-0.1, -0.05) is 18.2 Å². The van der Waals surface area contributed by atoms with Gasteiger partial charge in [-0.3, -0.25) is 24.0 Å². The largest absolute Gasteiger partial charge is 0.481 e. The fourth-order valence-electron chi connectivity index (χ4n) is 4.36. The number of hydrogen-bond donors (Lipinski definition) is 8. The summed E-state index contributed by atoms with van der Waals surface area (Å²) in [7, 11) is 0. The molecular formula is C25H31N5O9. The molecule has 1 saturated heterocycles. The normalized spacial score (nSPS) is 17.1. The summed E-state index contributed by atoms with van der Waals surface area (Å²) in [5.41, 5.74) is 1.50. The average molecular weight is 546 g/mol. The van der Waals surface area contributed by atoms with Crippen LogP contribution in [-0.4, -0.2) is 86.6 Å². The second-order valence-electron chi connectivity index (χ2n) is 9.26.